The molecule has 0 radical (unpaired) electrons. The topological polar surface area (TPSA) is 9.23 Å². The molecule has 0 spiro atoms. The van der Waals surface area contributed by atoms with Crippen molar-refractivity contribution in [3.63, 3.8) is 0 Å². The second-order valence-electron chi connectivity index (χ2n) is 6.43. The number of benzene rings is 2. The molecule has 0 amide bonds. The first-order valence-corrected chi connectivity index (χ1v) is 8.27. The van der Waals surface area contributed by atoms with Crippen LogP contribution in [-0.2, 0) is 4.74 Å². The van der Waals surface area contributed by atoms with Crippen LogP contribution in [0.25, 0.3) is 6.08 Å². The molecule has 1 saturated heterocycles. The van der Waals surface area contributed by atoms with Gasteiger partial charge in [0.2, 0.25) is 0 Å². The van der Waals surface area contributed by atoms with Crippen LogP contribution in [0.15, 0.2) is 77.9 Å². The van der Waals surface area contributed by atoms with Gasteiger partial charge in [-0.05, 0) is 30.5 Å². The van der Waals surface area contributed by atoms with Gasteiger partial charge >= 0.3 is 0 Å². The lowest BCUT2D eigenvalue weighted by atomic mass is 9.81. The molecule has 2 aromatic carbocycles. The molecule has 118 valence electrons. The molecule has 1 fully saturated rings. The summed E-state index contributed by atoms with van der Waals surface area (Å²) >= 11 is 0. The standard InChI is InChI=1S/C22H24O/c1-17(2)13-21(19-11-7-4-8-12-19)22-16-23-15-20(22)14-18-9-5-3-6-10-18/h3-14,21-22H,15-16H2,1-2H3/b20-14+. The summed E-state index contributed by atoms with van der Waals surface area (Å²) in [7, 11) is 0. The maximum Gasteiger partial charge on any atom is 0.0684 e. The number of allylic oxidation sites excluding steroid dienone is 2. The molecule has 0 bridgehead atoms. The van der Waals surface area contributed by atoms with E-state index in [2.05, 4.69) is 86.7 Å². The van der Waals surface area contributed by atoms with E-state index in [1.54, 1.807) is 0 Å². The molecule has 23 heavy (non-hydrogen) atoms. The first-order chi connectivity index (χ1) is 11.2. The molecule has 2 unspecified atom stereocenters. The summed E-state index contributed by atoms with van der Waals surface area (Å²) in [5.74, 6) is 0.783. The molecule has 0 N–H and O–H groups in total. The molecular weight excluding hydrogens is 280 g/mol. The molecule has 1 heteroatoms. The van der Waals surface area contributed by atoms with Gasteiger partial charge < -0.3 is 4.74 Å². The van der Waals surface area contributed by atoms with Gasteiger partial charge in [-0.2, -0.15) is 0 Å². The van der Waals surface area contributed by atoms with Gasteiger partial charge in [-0.3, -0.25) is 0 Å². The van der Waals surface area contributed by atoms with Crippen LogP contribution in [0.1, 0.15) is 30.9 Å². The van der Waals surface area contributed by atoms with Gasteiger partial charge in [-0.1, -0.05) is 78.4 Å². The lowest BCUT2D eigenvalue weighted by Crippen LogP contribution is -2.13. The van der Waals surface area contributed by atoms with Crippen LogP contribution in [0.5, 0.6) is 0 Å². The predicted octanol–water partition coefficient (Wildman–Crippen LogP) is 5.47. The third-order valence-electron chi connectivity index (χ3n) is 4.32. The predicted molar refractivity (Wildman–Crippen MR) is 97.3 cm³/mol. The summed E-state index contributed by atoms with van der Waals surface area (Å²) < 4.78 is 5.83. The Morgan fingerprint density at radius 1 is 1.00 bits per heavy atom. The second kappa shape index (κ2) is 7.43. The minimum Gasteiger partial charge on any atom is -0.376 e. The lowest BCUT2D eigenvalue weighted by molar-refractivity contribution is 0.185. The molecule has 1 aliphatic heterocycles. The maximum absolute atomic E-state index is 5.83. The van der Waals surface area contributed by atoms with E-state index in [0.717, 1.165) is 13.2 Å². The van der Waals surface area contributed by atoms with Crippen molar-refractivity contribution in [3.8, 4) is 0 Å². The monoisotopic (exact) mass is 304 g/mol. The van der Waals surface area contributed by atoms with Gasteiger partial charge in [0.05, 0.1) is 13.2 Å². The summed E-state index contributed by atoms with van der Waals surface area (Å²) in [4.78, 5) is 0. The zero-order chi connectivity index (χ0) is 16.1. The SMILES string of the molecule is CC(C)=CC(c1ccccc1)C1COC/C1=C\c1ccccc1. The fourth-order valence-corrected chi connectivity index (χ4v) is 3.24. The zero-order valence-corrected chi connectivity index (χ0v) is 13.9. The van der Waals surface area contributed by atoms with Crippen molar-refractivity contribution in [1.29, 1.82) is 0 Å². The Balaban J connectivity index is 1.95. The molecule has 1 nitrogen and oxygen atoms in total. The molecule has 2 atom stereocenters. The third kappa shape index (κ3) is 4.00. The maximum atomic E-state index is 5.83. The Bertz CT molecular complexity index is 678. The van der Waals surface area contributed by atoms with Crippen LogP contribution in [0.4, 0.5) is 0 Å². The van der Waals surface area contributed by atoms with Gasteiger partial charge in [-0.25, -0.2) is 0 Å². The highest BCUT2D eigenvalue weighted by molar-refractivity contribution is 5.55. The molecule has 1 aliphatic rings. The lowest BCUT2D eigenvalue weighted by Gasteiger charge is -2.22. The minimum absolute atomic E-state index is 0.374. The van der Waals surface area contributed by atoms with Crippen LogP contribution in [-0.4, -0.2) is 13.2 Å². The normalized spacial score (nSPS) is 20.4. The van der Waals surface area contributed by atoms with Crippen molar-refractivity contribution < 1.29 is 4.74 Å². The first kappa shape index (κ1) is 15.8. The molecule has 3 rings (SSSR count). The van der Waals surface area contributed by atoms with E-state index >= 15 is 0 Å². The molecular formula is C22H24O. The van der Waals surface area contributed by atoms with Crippen LogP contribution >= 0.6 is 0 Å². The Hall–Kier alpha value is -2.12. The number of hydrogen-bond acceptors (Lipinski definition) is 1. The van der Waals surface area contributed by atoms with Crippen LogP contribution < -0.4 is 0 Å². The Kier molecular flexibility index (Phi) is 5.09. The molecule has 0 aliphatic carbocycles. The highest BCUT2D eigenvalue weighted by atomic mass is 16.5. The van der Waals surface area contributed by atoms with Gasteiger partial charge in [-0.15, -0.1) is 0 Å². The fraction of sp³-hybridized carbons (Fsp3) is 0.273. The smallest absolute Gasteiger partial charge is 0.0684 e. The Labute approximate surface area is 139 Å². The highest BCUT2D eigenvalue weighted by Crippen LogP contribution is 2.37. The van der Waals surface area contributed by atoms with E-state index in [0.29, 0.717) is 11.8 Å². The highest BCUT2D eigenvalue weighted by Gasteiger charge is 2.29. The average Bonchev–Trinajstić information content (AvgIpc) is 3.02. The van der Waals surface area contributed by atoms with Crippen molar-refractivity contribution in [2.45, 2.75) is 19.8 Å². The number of rotatable bonds is 4. The van der Waals surface area contributed by atoms with E-state index in [-0.39, 0.29) is 0 Å². The number of ether oxygens (including phenoxy) is 1. The fourth-order valence-electron chi connectivity index (χ4n) is 3.24. The third-order valence-corrected chi connectivity index (χ3v) is 4.32. The average molecular weight is 304 g/mol. The van der Waals surface area contributed by atoms with Gasteiger partial charge in [0.1, 0.15) is 0 Å². The van der Waals surface area contributed by atoms with Crippen molar-refractivity contribution in [2.75, 3.05) is 13.2 Å². The zero-order valence-electron chi connectivity index (χ0n) is 13.9. The molecule has 0 saturated carbocycles. The van der Waals surface area contributed by atoms with E-state index in [1.807, 2.05) is 0 Å². The van der Waals surface area contributed by atoms with Gasteiger partial charge in [0.25, 0.3) is 0 Å². The Morgan fingerprint density at radius 2 is 1.65 bits per heavy atom. The minimum atomic E-state index is 0.374. The summed E-state index contributed by atoms with van der Waals surface area (Å²) in [6, 6.07) is 21.3. The molecule has 1 heterocycles. The van der Waals surface area contributed by atoms with Crippen molar-refractivity contribution in [3.05, 3.63) is 89.0 Å². The quantitative estimate of drug-likeness (QED) is 0.681. The van der Waals surface area contributed by atoms with E-state index in [9.17, 15) is 0 Å². The second-order valence-corrected chi connectivity index (χ2v) is 6.43. The van der Waals surface area contributed by atoms with Gasteiger partial charge in [0.15, 0.2) is 0 Å². The van der Waals surface area contributed by atoms with Crippen LogP contribution in [0, 0.1) is 5.92 Å². The summed E-state index contributed by atoms with van der Waals surface area (Å²) in [5, 5.41) is 0. The van der Waals surface area contributed by atoms with Crippen LogP contribution in [0.3, 0.4) is 0 Å². The summed E-state index contributed by atoms with van der Waals surface area (Å²) in [5.41, 5.74) is 5.36. The van der Waals surface area contributed by atoms with Crippen LogP contribution in [0.2, 0.25) is 0 Å². The number of hydrogen-bond donors (Lipinski definition) is 0. The Morgan fingerprint density at radius 3 is 2.30 bits per heavy atom. The summed E-state index contributed by atoms with van der Waals surface area (Å²) in [6.07, 6.45) is 4.68. The largest absolute Gasteiger partial charge is 0.376 e. The van der Waals surface area contributed by atoms with Gasteiger partial charge in [0, 0.05) is 11.8 Å². The first-order valence-electron chi connectivity index (χ1n) is 8.27. The van der Waals surface area contributed by atoms with E-state index in [1.165, 1.54) is 22.3 Å². The van der Waals surface area contributed by atoms with Crippen molar-refractivity contribution in [1.82, 2.24) is 0 Å². The summed E-state index contributed by atoms with van der Waals surface area (Å²) in [6.45, 7) is 5.88. The van der Waals surface area contributed by atoms with E-state index in [4.69, 9.17) is 4.74 Å². The van der Waals surface area contributed by atoms with E-state index < -0.39 is 0 Å². The van der Waals surface area contributed by atoms with Crippen molar-refractivity contribution >= 4 is 6.08 Å². The molecule has 0 aromatic heterocycles. The molecule has 2 aromatic rings. The van der Waals surface area contributed by atoms with Crippen molar-refractivity contribution in [2.24, 2.45) is 5.92 Å².